The second-order valence-corrected chi connectivity index (χ2v) is 6.51. The lowest BCUT2D eigenvalue weighted by Crippen LogP contribution is -2.42. The van der Waals surface area contributed by atoms with Crippen LogP contribution < -0.4 is 10.6 Å². The SMILES string of the molecule is CC(C)C(C)NC(=O)CNCC1CCSCC1. The van der Waals surface area contributed by atoms with Gasteiger partial charge >= 0.3 is 0 Å². The largest absolute Gasteiger partial charge is 0.352 e. The van der Waals surface area contributed by atoms with E-state index < -0.39 is 0 Å². The second-order valence-electron chi connectivity index (χ2n) is 5.29. The van der Waals surface area contributed by atoms with Crippen molar-refractivity contribution < 1.29 is 4.79 Å². The van der Waals surface area contributed by atoms with Gasteiger partial charge in [0.15, 0.2) is 0 Å². The molecule has 0 aromatic rings. The Hall–Kier alpha value is -0.220. The Kier molecular flexibility index (Phi) is 6.97. The zero-order valence-electron chi connectivity index (χ0n) is 11.3. The topological polar surface area (TPSA) is 41.1 Å². The molecule has 1 amide bonds. The maximum Gasteiger partial charge on any atom is 0.234 e. The molecule has 2 N–H and O–H groups in total. The van der Waals surface area contributed by atoms with E-state index in [0.717, 1.165) is 12.5 Å². The number of carbonyl (C=O) groups is 1. The summed E-state index contributed by atoms with van der Waals surface area (Å²) in [6.07, 6.45) is 2.59. The van der Waals surface area contributed by atoms with Crippen LogP contribution in [0.15, 0.2) is 0 Å². The zero-order chi connectivity index (χ0) is 12.7. The van der Waals surface area contributed by atoms with Crippen molar-refractivity contribution in [2.45, 2.75) is 39.7 Å². The van der Waals surface area contributed by atoms with Crippen molar-refractivity contribution in [1.82, 2.24) is 10.6 Å². The van der Waals surface area contributed by atoms with Gasteiger partial charge in [0.2, 0.25) is 5.91 Å². The van der Waals surface area contributed by atoms with Crippen molar-refractivity contribution >= 4 is 17.7 Å². The van der Waals surface area contributed by atoms with Gasteiger partial charge in [0, 0.05) is 6.04 Å². The van der Waals surface area contributed by atoms with Crippen LogP contribution in [0.1, 0.15) is 33.6 Å². The number of carbonyl (C=O) groups excluding carboxylic acids is 1. The molecule has 0 aliphatic carbocycles. The highest BCUT2D eigenvalue weighted by Gasteiger charge is 2.14. The van der Waals surface area contributed by atoms with E-state index in [1.807, 2.05) is 11.8 Å². The molecule has 0 aromatic carbocycles. The highest BCUT2D eigenvalue weighted by Crippen LogP contribution is 2.21. The summed E-state index contributed by atoms with van der Waals surface area (Å²) < 4.78 is 0. The van der Waals surface area contributed by atoms with Gasteiger partial charge < -0.3 is 10.6 Å². The first kappa shape index (κ1) is 14.8. The Bertz CT molecular complexity index is 227. The number of hydrogen-bond acceptors (Lipinski definition) is 3. The molecule has 3 nitrogen and oxygen atoms in total. The van der Waals surface area contributed by atoms with Crippen LogP contribution in [0, 0.1) is 11.8 Å². The van der Waals surface area contributed by atoms with Gasteiger partial charge in [0.05, 0.1) is 6.54 Å². The van der Waals surface area contributed by atoms with Crippen molar-refractivity contribution in [2.75, 3.05) is 24.6 Å². The third kappa shape index (κ3) is 6.32. The molecule has 0 bridgehead atoms. The fourth-order valence-electron chi connectivity index (χ4n) is 1.81. The molecule has 4 heteroatoms. The summed E-state index contributed by atoms with van der Waals surface area (Å²) >= 11 is 2.04. The van der Waals surface area contributed by atoms with E-state index in [1.165, 1.54) is 24.3 Å². The lowest BCUT2D eigenvalue weighted by Gasteiger charge is -2.22. The third-order valence-corrected chi connectivity index (χ3v) is 4.50. The molecule has 1 saturated heterocycles. The van der Waals surface area contributed by atoms with Crippen molar-refractivity contribution in [1.29, 1.82) is 0 Å². The molecule has 1 fully saturated rings. The first-order valence-corrected chi connectivity index (χ1v) is 7.83. The van der Waals surface area contributed by atoms with Crippen LogP contribution in [0.3, 0.4) is 0 Å². The molecular weight excluding hydrogens is 232 g/mol. The number of amides is 1. The molecular formula is C13H26N2OS. The van der Waals surface area contributed by atoms with Crippen LogP contribution in [0.2, 0.25) is 0 Å². The van der Waals surface area contributed by atoms with Gasteiger partial charge in [-0.05, 0) is 49.7 Å². The standard InChI is InChI=1S/C13H26N2OS/c1-10(2)11(3)15-13(16)9-14-8-12-4-6-17-7-5-12/h10-12,14H,4-9H2,1-3H3,(H,15,16). The first-order valence-electron chi connectivity index (χ1n) is 6.67. The van der Waals surface area contributed by atoms with E-state index >= 15 is 0 Å². The molecule has 0 saturated carbocycles. The number of thioether (sulfide) groups is 1. The average molecular weight is 258 g/mol. The summed E-state index contributed by atoms with van der Waals surface area (Å²) in [5.74, 6) is 3.95. The van der Waals surface area contributed by atoms with Crippen LogP contribution in [0.5, 0.6) is 0 Å². The van der Waals surface area contributed by atoms with E-state index in [4.69, 9.17) is 0 Å². The minimum atomic E-state index is 0.122. The predicted molar refractivity (Wildman–Crippen MR) is 75.4 cm³/mol. The van der Waals surface area contributed by atoms with Gasteiger partial charge in [-0.3, -0.25) is 4.79 Å². The summed E-state index contributed by atoms with van der Waals surface area (Å²) in [5, 5.41) is 6.29. The summed E-state index contributed by atoms with van der Waals surface area (Å²) in [6, 6.07) is 0.260. The zero-order valence-corrected chi connectivity index (χ0v) is 12.1. The van der Waals surface area contributed by atoms with E-state index in [1.54, 1.807) is 0 Å². The van der Waals surface area contributed by atoms with Crippen molar-refractivity contribution in [3.63, 3.8) is 0 Å². The molecule has 1 aliphatic heterocycles. The number of hydrogen-bond donors (Lipinski definition) is 2. The predicted octanol–water partition coefficient (Wildman–Crippen LogP) is 1.88. The normalized spacial score (nSPS) is 19.3. The summed E-state index contributed by atoms with van der Waals surface area (Å²) in [4.78, 5) is 11.6. The fourth-order valence-corrected chi connectivity index (χ4v) is 3.02. The molecule has 1 unspecified atom stereocenters. The maximum absolute atomic E-state index is 11.6. The summed E-state index contributed by atoms with van der Waals surface area (Å²) in [7, 11) is 0. The van der Waals surface area contributed by atoms with E-state index in [-0.39, 0.29) is 11.9 Å². The van der Waals surface area contributed by atoms with Gasteiger partial charge in [-0.15, -0.1) is 0 Å². The quantitative estimate of drug-likeness (QED) is 0.764. The monoisotopic (exact) mass is 258 g/mol. The molecule has 1 atom stereocenters. The van der Waals surface area contributed by atoms with E-state index in [0.29, 0.717) is 12.5 Å². The van der Waals surface area contributed by atoms with E-state index in [9.17, 15) is 4.79 Å². The Balaban J connectivity index is 2.07. The van der Waals surface area contributed by atoms with Gasteiger partial charge in [0.25, 0.3) is 0 Å². The lowest BCUT2D eigenvalue weighted by molar-refractivity contribution is -0.121. The van der Waals surface area contributed by atoms with Gasteiger partial charge in [0.1, 0.15) is 0 Å². The minimum Gasteiger partial charge on any atom is -0.352 e. The molecule has 100 valence electrons. The second kappa shape index (κ2) is 7.98. The lowest BCUT2D eigenvalue weighted by atomic mass is 10.0. The molecule has 0 aromatic heterocycles. The summed E-state index contributed by atoms with van der Waals surface area (Å²) in [6.45, 7) is 7.75. The Morgan fingerprint density at radius 1 is 1.29 bits per heavy atom. The van der Waals surface area contributed by atoms with Gasteiger partial charge in [-0.2, -0.15) is 11.8 Å². The molecule has 0 spiro atoms. The highest BCUT2D eigenvalue weighted by molar-refractivity contribution is 7.99. The third-order valence-electron chi connectivity index (χ3n) is 3.45. The van der Waals surface area contributed by atoms with Crippen LogP contribution in [-0.2, 0) is 4.79 Å². The molecule has 17 heavy (non-hydrogen) atoms. The van der Waals surface area contributed by atoms with Crippen molar-refractivity contribution in [3.05, 3.63) is 0 Å². The Labute approximate surface area is 109 Å². The van der Waals surface area contributed by atoms with Gasteiger partial charge in [-0.1, -0.05) is 13.8 Å². The van der Waals surface area contributed by atoms with Crippen LogP contribution in [0.4, 0.5) is 0 Å². The highest BCUT2D eigenvalue weighted by atomic mass is 32.2. The molecule has 1 heterocycles. The van der Waals surface area contributed by atoms with Crippen LogP contribution in [0.25, 0.3) is 0 Å². The minimum absolute atomic E-state index is 0.122. The van der Waals surface area contributed by atoms with E-state index in [2.05, 4.69) is 31.4 Å². The Morgan fingerprint density at radius 3 is 2.53 bits per heavy atom. The average Bonchev–Trinajstić information content (AvgIpc) is 2.30. The van der Waals surface area contributed by atoms with Crippen LogP contribution >= 0.6 is 11.8 Å². The molecule has 1 rings (SSSR count). The van der Waals surface area contributed by atoms with Crippen molar-refractivity contribution in [2.24, 2.45) is 11.8 Å². The first-order chi connectivity index (χ1) is 8.09. The number of rotatable bonds is 6. The van der Waals surface area contributed by atoms with Gasteiger partial charge in [-0.25, -0.2) is 0 Å². The number of nitrogens with one attached hydrogen (secondary N) is 2. The van der Waals surface area contributed by atoms with Crippen LogP contribution in [-0.4, -0.2) is 36.5 Å². The Morgan fingerprint density at radius 2 is 1.94 bits per heavy atom. The fraction of sp³-hybridized carbons (Fsp3) is 0.923. The maximum atomic E-state index is 11.6. The molecule has 1 aliphatic rings. The van der Waals surface area contributed by atoms with Crippen molar-refractivity contribution in [3.8, 4) is 0 Å². The smallest absolute Gasteiger partial charge is 0.234 e. The molecule has 0 radical (unpaired) electrons. The summed E-state index contributed by atoms with van der Waals surface area (Å²) in [5.41, 5.74) is 0.